The third-order valence-corrected chi connectivity index (χ3v) is 6.15. The predicted molar refractivity (Wildman–Crippen MR) is 103 cm³/mol. The molecule has 2 aromatic carbocycles. The molecule has 0 saturated carbocycles. The molecule has 0 aliphatic heterocycles. The molecule has 0 saturated heterocycles. The molecule has 0 atom stereocenters. The van der Waals surface area contributed by atoms with Gasteiger partial charge in [-0.25, -0.2) is 0 Å². The molecule has 25 heavy (non-hydrogen) atoms. The molecule has 0 N–H and O–H groups in total. The largest absolute Gasteiger partial charge is 0.497 e. The van der Waals surface area contributed by atoms with Crippen LogP contribution in [-0.4, -0.2) is 26.3 Å². The van der Waals surface area contributed by atoms with E-state index in [-0.39, 0.29) is 0 Å². The van der Waals surface area contributed by atoms with Gasteiger partial charge in [-0.3, -0.25) is 4.98 Å². The van der Waals surface area contributed by atoms with Crippen molar-refractivity contribution in [2.75, 3.05) is 21.3 Å². The van der Waals surface area contributed by atoms with E-state index in [9.17, 15) is 0 Å². The summed E-state index contributed by atoms with van der Waals surface area (Å²) < 4.78 is 16.4. The Morgan fingerprint density at radius 1 is 0.720 bits per heavy atom. The Hall–Kier alpha value is -2.58. The minimum atomic E-state index is -0.913. The standard InChI is InChI=1S/C20H20NO3P/c1-22-15-7-4-9-17(13-15)25(18-10-5-8-16(14-18)23-2)20-19(24-3)11-6-12-21-20/h4-14H,1-3H3. The zero-order valence-electron chi connectivity index (χ0n) is 14.5. The van der Waals surface area contributed by atoms with Crippen LogP contribution in [-0.2, 0) is 0 Å². The Labute approximate surface area is 149 Å². The van der Waals surface area contributed by atoms with Gasteiger partial charge >= 0.3 is 0 Å². The fraction of sp³-hybridized carbons (Fsp3) is 0.150. The highest BCUT2D eigenvalue weighted by atomic mass is 31.1. The van der Waals surface area contributed by atoms with Crippen molar-refractivity contribution in [2.24, 2.45) is 0 Å². The van der Waals surface area contributed by atoms with Crippen LogP contribution >= 0.6 is 7.92 Å². The summed E-state index contributed by atoms with van der Waals surface area (Å²) in [7, 11) is 4.11. The first-order valence-corrected chi connectivity index (χ1v) is 9.18. The van der Waals surface area contributed by atoms with E-state index in [2.05, 4.69) is 29.2 Å². The molecule has 0 bridgehead atoms. The van der Waals surface area contributed by atoms with Crippen LogP contribution < -0.4 is 30.3 Å². The summed E-state index contributed by atoms with van der Waals surface area (Å²) in [6.45, 7) is 0. The van der Waals surface area contributed by atoms with Gasteiger partial charge in [0.15, 0.2) is 0 Å². The minimum Gasteiger partial charge on any atom is -0.497 e. The monoisotopic (exact) mass is 353 g/mol. The van der Waals surface area contributed by atoms with Gasteiger partial charge in [-0.2, -0.15) is 0 Å². The van der Waals surface area contributed by atoms with Crippen molar-refractivity contribution < 1.29 is 14.2 Å². The van der Waals surface area contributed by atoms with Gasteiger partial charge in [0.1, 0.15) is 22.7 Å². The zero-order chi connectivity index (χ0) is 17.6. The summed E-state index contributed by atoms with van der Waals surface area (Å²) in [6.07, 6.45) is 1.80. The summed E-state index contributed by atoms with van der Waals surface area (Å²) in [5, 5.41) is 2.28. The van der Waals surface area contributed by atoms with Crippen LogP contribution in [0.4, 0.5) is 0 Å². The molecule has 128 valence electrons. The van der Waals surface area contributed by atoms with Crippen molar-refractivity contribution in [3.63, 3.8) is 0 Å². The summed E-state index contributed by atoms with van der Waals surface area (Å²) in [5.41, 5.74) is 0.918. The Morgan fingerprint density at radius 3 is 1.84 bits per heavy atom. The molecule has 4 nitrogen and oxygen atoms in total. The van der Waals surface area contributed by atoms with Crippen LogP contribution in [0.15, 0.2) is 66.9 Å². The Balaban J connectivity index is 2.20. The molecular weight excluding hydrogens is 333 g/mol. The van der Waals surface area contributed by atoms with Gasteiger partial charge in [-0.15, -0.1) is 0 Å². The number of nitrogens with zero attached hydrogens (tertiary/aromatic N) is 1. The topological polar surface area (TPSA) is 40.6 Å². The molecule has 0 fully saturated rings. The lowest BCUT2D eigenvalue weighted by atomic mass is 10.3. The molecule has 0 unspecified atom stereocenters. The van der Waals surface area contributed by atoms with E-state index < -0.39 is 7.92 Å². The van der Waals surface area contributed by atoms with Crippen molar-refractivity contribution in [3.05, 3.63) is 66.9 Å². The van der Waals surface area contributed by atoms with E-state index in [4.69, 9.17) is 14.2 Å². The van der Waals surface area contributed by atoms with Gasteiger partial charge in [0, 0.05) is 14.1 Å². The smallest absolute Gasteiger partial charge is 0.145 e. The second-order valence-electron chi connectivity index (χ2n) is 5.27. The maximum absolute atomic E-state index is 5.57. The van der Waals surface area contributed by atoms with Gasteiger partial charge in [0.05, 0.1) is 21.3 Å². The lowest BCUT2D eigenvalue weighted by molar-refractivity contribution is 0.415. The van der Waals surface area contributed by atoms with Crippen molar-refractivity contribution in [3.8, 4) is 17.2 Å². The average molecular weight is 353 g/mol. The van der Waals surface area contributed by atoms with E-state index in [1.807, 2.05) is 36.4 Å². The molecule has 0 aliphatic carbocycles. The van der Waals surface area contributed by atoms with Crippen molar-refractivity contribution in [1.29, 1.82) is 0 Å². The first-order chi connectivity index (χ1) is 12.3. The molecular formula is C20H20NO3P. The Bertz CT molecular complexity index is 806. The van der Waals surface area contributed by atoms with Gasteiger partial charge in [-0.05, 0) is 47.0 Å². The number of rotatable bonds is 6. The van der Waals surface area contributed by atoms with E-state index in [0.29, 0.717) is 0 Å². The number of pyridine rings is 1. The number of methoxy groups -OCH3 is 3. The quantitative estimate of drug-likeness (QED) is 0.639. The highest BCUT2D eigenvalue weighted by molar-refractivity contribution is 7.79. The van der Waals surface area contributed by atoms with E-state index in [0.717, 1.165) is 33.3 Å². The summed E-state index contributed by atoms with van der Waals surface area (Å²) in [4.78, 5) is 4.64. The highest BCUT2D eigenvalue weighted by Crippen LogP contribution is 2.37. The van der Waals surface area contributed by atoms with Crippen LogP contribution in [0.25, 0.3) is 0 Å². The fourth-order valence-corrected chi connectivity index (χ4v) is 4.94. The van der Waals surface area contributed by atoms with Crippen LogP contribution in [0.3, 0.4) is 0 Å². The molecule has 3 aromatic rings. The van der Waals surface area contributed by atoms with Crippen molar-refractivity contribution >= 4 is 24.0 Å². The van der Waals surface area contributed by atoms with Gasteiger partial charge in [0.25, 0.3) is 0 Å². The van der Waals surface area contributed by atoms with Gasteiger partial charge in [-0.1, -0.05) is 24.3 Å². The van der Waals surface area contributed by atoms with Crippen LogP contribution in [0.1, 0.15) is 0 Å². The Kier molecular flexibility index (Phi) is 5.52. The summed E-state index contributed by atoms with van der Waals surface area (Å²) >= 11 is 0. The number of hydrogen-bond acceptors (Lipinski definition) is 4. The molecule has 0 spiro atoms. The first kappa shape index (κ1) is 17.2. The molecule has 1 aromatic heterocycles. The summed E-state index contributed by atoms with van der Waals surface area (Å²) in [5.74, 6) is 2.42. The maximum Gasteiger partial charge on any atom is 0.145 e. The van der Waals surface area contributed by atoms with E-state index in [1.165, 1.54) is 0 Å². The first-order valence-electron chi connectivity index (χ1n) is 7.84. The fourth-order valence-electron chi connectivity index (χ4n) is 2.60. The third kappa shape index (κ3) is 3.75. The normalized spacial score (nSPS) is 10.6. The molecule has 0 radical (unpaired) electrons. The predicted octanol–water partition coefficient (Wildman–Crippen LogP) is 2.87. The maximum atomic E-state index is 5.57. The number of ether oxygens (including phenoxy) is 3. The van der Waals surface area contributed by atoms with Crippen molar-refractivity contribution in [2.45, 2.75) is 0 Å². The summed E-state index contributed by atoms with van der Waals surface area (Å²) in [6, 6.07) is 20.0. The SMILES string of the molecule is COc1cccc(P(c2cccc(OC)c2)c2ncccc2OC)c1. The lowest BCUT2D eigenvalue weighted by Gasteiger charge is -2.21. The zero-order valence-corrected chi connectivity index (χ0v) is 15.4. The van der Waals surface area contributed by atoms with Gasteiger partial charge < -0.3 is 14.2 Å². The van der Waals surface area contributed by atoms with Crippen molar-refractivity contribution in [1.82, 2.24) is 4.98 Å². The molecule has 0 amide bonds. The Morgan fingerprint density at radius 2 is 1.32 bits per heavy atom. The molecule has 3 rings (SSSR count). The molecule has 0 aliphatic rings. The van der Waals surface area contributed by atoms with Gasteiger partial charge in [0.2, 0.25) is 0 Å². The highest BCUT2D eigenvalue weighted by Gasteiger charge is 2.22. The molecule has 1 heterocycles. The minimum absolute atomic E-state index is 0.777. The third-order valence-electron chi connectivity index (χ3n) is 3.81. The van der Waals surface area contributed by atoms with Crippen LogP contribution in [0.5, 0.6) is 17.2 Å². The average Bonchev–Trinajstić information content (AvgIpc) is 2.69. The lowest BCUT2D eigenvalue weighted by Crippen LogP contribution is -2.24. The second-order valence-corrected chi connectivity index (χ2v) is 7.39. The number of hydrogen-bond donors (Lipinski definition) is 0. The second kappa shape index (κ2) is 8.00. The van der Waals surface area contributed by atoms with Crippen LogP contribution in [0.2, 0.25) is 0 Å². The number of benzene rings is 2. The molecule has 5 heteroatoms. The number of aromatic nitrogens is 1. The van der Waals surface area contributed by atoms with Crippen LogP contribution in [0, 0.1) is 0 Å². The van der Waals surface area contributed by atoms with E-state index >= 15 is 0 Å². The van der Waals surface area contributed by atoms with E-state index in [1.54, 1.807) is 27.5 Å².